The Bertz CT molecular complexity index is 619. The molecular weight excluding hydrogens is 233 g/mol. The molecular formula is C14H14FNO2. The minimum Gasteiger partial charge on any atom is -0.487 e. The van der Waals surface area contributed by atoms with Crippen LogP contribution in [0.3, 0.4) is 0 Å². The molecule has 0 aliphatic heterocycles. The lowest BCUT2D eigenvalue weighted by Crippen LogP contribution is -2.19. The highest BCUT2D eigenvalue weighted by Gasteiger charge is 2.04. The van der Waals surface area contributed by atoms with Crippen molar-refractivity contribution in [3.8, 4) is 5.75 Å². The molecule has 1 aromatic carbocycles. The van der Waals surface area contributed by atoms with Gasteiger partial charge >= 0.3 is 0 Å². The Kier molecular flexibility index (Phi) is 3.46. The molecule has 2 rings (SSSR count). The first kappa shape index (κ1) is 12.4. The Morgan fingerprint density at radius 1 is 1.28 bits per heavy atom. The predicted molar refractivity (Wildman–Crippen MR) is 67.2 cm³/mol. The van der Waals surface area contributed by atoms with E-state index in [0.29, 0.717) is 5.75 Å². The van der Waals surface area contributed by atoms with Gasteiger partial charge in [-0.1, -0.05) is 12.1 Å². The van der Waals surface area contributed by atoms with Crippen LogP contribution in [0.2, 0.25) is 0 Å². The van der Waals surface area contributed by atoms with Gasteiger partial charge in [0.1, 0.15) is 18.2 Å². The van der Waals surface area contributed by atoms with E-state index in [1.807, 2.05) is 6.92 Å². The summed E-state index contributed by atoms with van der Waals surface area (Å²) in [5, 5.41) is 0. The molecule has 18 heavy (non-hydrogen) atoms. The molecule has 2 aromatic rings. The lowest BCUT2D eigenvalue weighted by atomic mass is 10.2. The summed E-state index contributed by atoms with van der Waals surface area (Å²) in [5.74, 6) is 0.156. The van der Waals surface area contributed by atoms with Crippen LogP contribution in [0.5, 0.6) is 5.75 Å². The summed E-state index contributed by atoms with van der Waals surface area (Å²) in [5.41, 5.74) is 1.51. The Morgan fingerprint density at radius 2 is 2.06 bits per heavy atom. The van der Waals surface area contributed by atoms with Crippen LogP contribution < -0.4 is 10.3 Å². The van der Waals surface area contributed by atoms with E-state index < -0.39 is 0 Å². The van der Waals surface area contributed by atoms with Crippen LogP contribution in [0, 0.1) is 12.7 Å². The van der Waals surface area contributed by atoms with Crippen molar-refractivity contribution < 1.29 is 9.13 Å². The SMILES string of the molecule is Cc1ccc(F)cc1OCc1cccc(=O)n1C. The summed E-state index contributed by atoms with van der Waals surface area (Å²) >= 11 is 0. The summed E-state index contributed by atoms with van der Waals surface area (Å²) in [7, 11) is 1.68. The number of benzene rings is 1. The highest BCUT2D eigenvalue weighted by Crippen LogP contribution is 2.19. The zero-order chi connectivity index (χ0) is 13.1. The van der Waals surface area contributed by atoms with Gasteiger partial charge in [0.15, 0.2) is 0 Å². The van der Waals surface area contributed by atoms with Crippen LogP contribution in [0.4, 0.5) is 4.39 Å². The minimum atomic E-state index is -0.336. The Morgan fingerprint density at radius 3 is 2.83 bits per heavy atom. The lowest BCUT2D eigenvalue weighted by Gasteiger charge is -2.11. The van der Waals surface area contributed by atoms with Crippen LogP contribution in [0.1, 0.15) is 11.3 Å². The van der Waals surface area contributed by atoms with E-state index >= 15 is 0 Å². The van der Waals surface area contributed by atoms with E-state index in [4.69, 9.17) is 4.74 Å². The molecule has 0 spiro atoms. The molecule has 0 amide bonds. The van der Waals surface area contributed by atoms with Crippen LogP contribution in [0.25, 0.3) is 0 Å². The summed E-state index contributed by atoms with van der Waals surface area (Å²) in [4.78, 5) is 11.4. The monoisotopic (exact) mass is 247 g/mol. The summed E-state index contributed by atoms with van der Waals surface area (Å²) in [6.07, 6.45) is 0. The van der Waals surface area contributed by atoms with E-state index in [9.17, 15) is 9.18 Å². The molecule has 0 saturated carbocycles. The second kappa shape index (κ2) is 5.04. The van der Waals surface area contributed by atoms with Gasteiger partial charge in [0.05, 0.1) is 5.69 Å². The number of nitrogens with zero attached hydrogens (tertiary/aromatic N) is 1. The van der Waals surface area contributed by atoms with Crippen molar-refractivity contribution in [1.29, 1.82) is 0 Å². The molecule has 1 aromatic heterocycles. The summed E-state index contributed by atoms with van der Waals surface area (Å²) < 4.78 is 20.1. The molecule has 0 bridgehead atoms. The fraction of sp³-hybridized carbons (Fsp3) is 0.214. The molecule has 0 N–H and O–H groups in total. The molecule has 94 valence electrons. The van der Waals surface area contributed by atoms with Crippen molar-refractivity contribution in [2.24, 2.45) is 7.05 Å². The maximum atomic E-state index is 13.1. The second-order valence-electron chi connectivity index (χ2n) is 4.11. The molecule has 0 fully saturated rings. The topological polar surface area (TPSA) is 31.2 Å². The fourth-order valence-corrected chi connectivity index (χ4v) is 1.63. The third-order valence-corrected chi connectivity index (χ3v) is 2.81. The van der Waals surface area contributed by atoms with Gasteiger partial charge in [-0.2, -0.15) is 0 Å². The Hall–Kier alpha value is -2.10. The third kappa shape index (κ3) is 2.59. The van der Waals surface area contributed by atoms with Gasteiger partial charge in [-0.05, 0) is 24.6 Å². The van der Waals surface area contributed by atoms with E-state index in [1.165, 1.54) is 22.8 Å². The minimum absolute atomic E-state index is 0.0907. The average molecular weight is 247 g/mol. The van der Waals surface area contributed by atoms with E-state index in [1.54, 1.807) is 25.2 Å². The highest BCUT2D eigenvalue weighted by atomic mass is 19.1. The molecule has 0 unspecified atom stereocenters. The van der Waals surface area contributed by atoms with Gasteiger partial charge in [0, 0.05) is 19.2 Å². The van der Waals surface area contributed by atoms with Gasteiger partial charge in [-0.25, -0.2) is 4.39 Å². The first-order valence-electron chi connectivity index (χ1n) is 5.62. The lowest BCUT2D eigenvalue weighted by molar-refractivity contribution is 0.292. The van der Waals surface area contributed by atoms with Crippen LogP contribution in [0.15, 0.2) is 41.2 Å². The van der Waals surface area contributed by atoms with E-state index in [-0.39, 0.29) is 18.0 Å². The molecule has 1 heterocycles. The first-order chi connectivity index (χ1) is 8.58. The molecule has 4 heteroatoms. The standard InChI is InChI=1S/C14H14FNO2/c1-10-6-7-11(15)8-13(10)18-9-12-4-3-5-14(17)16(12)2/h3-8H,9H2,1-2H3. The van der Waals surface area contributed by atoms with Gasteiger partial charge in [0.2, 0.25) is 0 Å². The number of pyridine rings is 1. The number of hydrogen-bond acceptors (Lipinski definition) is 2. The van der Waals surface area contributed by atoms with Crippen molar-refractivity contribution in [3.63, 3.8) is 0 Å². The Balaban J connectivity index is 2.19. The number of halogens is 1. The predicted octanol–water partition coefficient (Wildman–Crippen LogP) is 2.41. The number of hydrogen-bond donors (Lipinski definition) is 0. The van der Waals surface area contributed by atoms with Gasteiger partial charge in [-0.3, -0.25) is 4.79 Å². The maximum Gasteiger partial charge on any atom is 0.250 e. The molecule has 0 saturated heterocycles. The van der Waals surface area contributed by atoms with Gasteiger partial charge in [-0.15, -0.1) is 0 Å². The van der Waals surface area contributed by atoms with Crippen LogP contribution in [-0.4, -0.2) is 4.57 Å². The Labute approximate surface area is 104 Å². The molecule has 0 aliphatic carbocycles. The zero-order valence-corrected chi connectivity index (χ0v) is 10.3. The molecule has 3 nitrogen and oxygen atoms in total. The van der Waals surface area contributed by atoms with E-state index in [0.717, 1.165) is 11.3 Å². The normalized spacial score (nSPS) is 10.4. The second-order valence-corrected chi connectivity index (χ2v) is 4.11. The smallest absolute Gasteiger partial charge is 0.250 e. The largest absolute Gasteiger partial charge is 0.487 e. The average Bonchev–Trinajstić information content (AvgIpc) is 2.35. The first-order valence-corrected chi connectivity index (χ1v) is 5.62. The van der Waals surface area contributed by atoms with Crippen molar-refractivity contribution in [2.45, 2.75) is 13.5 Å². The van der Waals surface area contributed by atoms with E-state index in [2.05, 4.69) is 0 Å². The molecule has 0 aliphatic rings. The number of rotatable bonds is 3. The highest BCUT2D eigenvalue weighted by molar-refractivity contribution is 5.32. The van der Waals surface area contributed by atoms with Crippen LogP contribution >= 0.6 is 0 Å². The van der Waals surface area contributed by atoms with Crippen molar-refractivity contribution in [3.05, 3.63) is 63.8 Å². The van der Waals surface area contributed by atoms with Crippen LogP contribution in [-0.2, 0) is 13.7 Å². The van der Waals surface area contributed by atoms with Crippen molar-refractivity contribution in [1.82, 2.24) is 4.57 Å². The quantitative estimate of drug-likeness (QED) is 0.834. The third-order valence-electron chi connectivity index (χ3n) is 2.81. The zero-order valence-electron chi connectivity index (χ0n) is 10.3. The van der Waals surface area contributed by atoms with Gasteiger partial charge < -0.3 is 9.30 Å². The number of aromatic nitrogens is 1. The van der Waals surface area contributed by atoms with Gasteiger partial charge in [0.25, 0.3) is 5.56 Å². The molecule has 0 atom stereocenters. The summed E-state index contributed by atoms with van der Waals surface area (Å²) in [6.45, 7) is 2.08. The fourth-order valence-electron chi connectivity index (χ4n) is 1.63. The molecule has 0 radical (unpaired) electrons. The number of ether oxygens (including phenoxy) is 1. The van der Waals surface area contributed by atoms with Crippen molar-refractivity contribution >= 4 is 0 Å². The number of aryl methyl sites for hydroxylation is 1. The maximum absolute atomic E-state index is 13.1. The summed E-state index contributed by atoms with van der Waals surface area (Å²) in [6, 6.07) is 9.36. The van der Waals surface area contributed by atoms with Crippen molar-refractivity contribution in [2.75, 3.05) is 0 Å².